The van der Waals surface area contributed by atoms with Crippen LogP contribution in [0.15, 0.2) is 48.7 Å². The molecule has 1 aromatic heterocycles. The highest BCUT2D eigenvalue weighted by molar-refractivity contribution is 6.33. The van der Waals surface area contributed by atoms with Gasteiger partial charge in [-0.05, 0) is 76.6 Å². The SMILES string of the molecule is COc1cc(-c2ccc(COc3ccc4c(c3)C3(CCC4)C(C)C3C(=O)O)cc2C(OC)C(C)(C)C)c(Cl)cn1. The van der Waals surface area contributed by atoms with E-state index in [2.05, 4.69) is 56.9 Å². The summed E-state index contributed by atoms with van der Waals surface area (Å²) >= 11 is 6.61. The van der Waals surface area contributed by atoms with Crippen LogP contribution in [0.25, 0.3) is 11.1 Å². The summed E-state index contributed by atoms with van der Waals surface area (Å²) in [5.74, 6) is 0.366. The van der Waals surface area contributed by atoms with Crippen molar-refractivity contribution in [2.24, 2.45) is 17.3 Å². The van der Waals surface area contributed by atoms with E-state index >= 15 is 0 Å². The first-order valence-corrected chi connectivity index (χ1v) is 14.2. The number of pyridine rings is 1. The fourth-order valence-electron chi connectivity index (χ4n) is 6.88. The minimum Gasteiger partial charge on any atom is -0.489 e. The van der Waals surface area contributed by atoms with E-state index in [9.17, 15) is 9.90 Å². The lowest BCUT2D eigenvalue weighted by atomic mass is 9.77. The summed E-state index contributed by atoms with van der Waals surface area (Å²) in [6, 6.07) is 14.3. The van der Waals surface area contributed by atoms with E-state index in [-0.39, 0.29) is 28.8 Å². The molecule has 4 atom stereocenters. The molecule has 7 heteroatoms. The van der Waals surface area contributed by atoms with Crippen LogP contribution in [-0.4, -0.2) is 30.3 Å². The van der Waals surface area contributed by atoms with Crippen LogP contribution in [0.2, 0.25) is 5.02 Å². The van der Waals surface area contributed by atoms with Gasteiger partial charge in [-0.25, -0.2) is 4.98 Å². The first kappa shape index (κ1) is 28.4. The maximum Gasteiger partial charge on any atom is 0.307 e. The Morgan fingerprint density at radius 3 is 2.58 bits per heavy atom. The van der Waals surface area contributed by atoms with Crippen LogP contribution in [0.5, 0.6) is 11.6 Å². The highest BCUT2D eigenvalue weighted by Crippen LogP contribution is 2.65. The van der Waals surface area contributed by atoms with Gasteiger partial charge in [-0.1, -0.05) is 57.5 Å². The fourth-order valence-corrected chi connectivity index (χ4v) is 7.08. The largest absolute Gasteiger partial charge is 0.489 e. The topological polar surface area (TPSA) is 77.9 Å². The number of nitrogens with zero attached hydrogens (tertiary/aromatic N) is 1. The lowest BCUT2D eigenvalue weighted by molar-refractivity contribution is -0.139. The van der Waals surface area contributed by atoms with Crippen molar-refractivity contribution in [3.63, 3.8) is 0 Å². The van der Waals surface area contributed by atoms with Crippen LogP contribution in [0, 0.1) is 17.3 Å². The smallest absolute Gasteiger partial charge is 0.307 e. The molecule has 0 aliphatic heterocycles. The Bertz CT molecular complexity index is 1430. The second-order valence-corrected chi connectivity index (χ2v) is 12.6. The van der Waals surface area contributed by atoms with E-state index in [1.807, 2.05) is 18.2 Å². The maximum atomic E-state index is 12.0. The minimum absolute atomic E-state index is 0.136. The molecule has 212 valence electrons. The van der Waals surface area contributed by atoms with Crippen molar-refractivity contribution < 1.29 is 24.1 Å². The lowest BCUT2D eigenvalue weighted by Gasteiger charge is -2.32. The van der Waals surface area contributed by atoms with E-state index in [0.717, 1.165) is 52.8 Å². The monoisotopic (exact) mass is 563 g/mol. The van der Waals surface area contributed by atoms with Crippen molar-refractivity contribution in [2.45, 2.75) is 65.1 Å². The van der Waals surface area contributed by atoms with E-state index in [1.54, 1.807) is 20.4 Å². The summed E-state index contributed by atoms with van der Waals surface area (Å²) < 4.78 is 17.7. The van der Waals surface area contributed by atoms with Crippen LogP contribution in [0.1, 0.15) is 68.9 Å². The molecule has 2 aromatic carbocycles. The van der Waals surface area contributed by atoms with Crippen molar-refractivity contribution in [1.82, 2.24) is 4.98 Å². The third-order valence-electron chi connectivity index (χ3n) is 8.80. The second kappa shape index (κ2) is 10.7. The van der Waals surface area contributed by atoms with Gasteiger partial charge >= 0.3 is 5.97 Å². The number of carboxylic acid groups (broad SMARTS) is 1. The van der Waals surface area contributed by atoms with Crippen molar-refractivity contribution in [3.05, 3.63) is 75.9 Å². The fraction of sp³-hybridized carbons (Fsp3) is 0.455. The van der Waals surface area contributed by atoms with Gasteiger partial charge in [0, 0.05) is 24.2 Å². The number of hydrogen-bond acceptors (Lipinski definition) is 5. The highest BCUT2D eigenvalue weighted by atomic mass is 35.5. The number of hydrogen-bond donors (Lipinski definition) is 1. The Balaban J connectivity index is 1.47. The number of methoxy groups -OCH3 is 2. The molecule has 6 nitrogen and oxygen atoms in total. The predicted molar refractivity (Wildman–Crippen MR) is 156 cm³/mol. The maximum absolute atomic E-state index is 12.0. The number of carboxylic acids is 1. The minimum atomic E-state index is -0.697. The summed E-state index contributed by atoms with van der Waals surface area (Å²) in [5.41, 5.74) is 5.74. The van der Waals surface area contributed by atoms with Crippen LogP contribution >= 0.6 is 11.6 Å². The zero-order valence-electron chi connectivity index (χ0n) is 24.1. The molecule has 4 unspecified atom stereocenters. The number of ether oxygens (including phenoxy) is 3. The Morgan fingerprint density at radius 1 is 1.15 bits per heavy atom. The Morgan fingerprint density at radius 2 is 1.93 bits per heavy atom. The first-order valence-electron chi connectivity index (χ1n) is 13.9. The van der Waals surface area contributed by atoms with Gasteiger partial charge in [0.25, 0.3) is 0 Å². The lowest BCUT2D eigenvalue weighted by Crippen LogP contribution is -2.22. The van der Waals surface area contributed by atoms with Gasteiger partial charge in [0.05, 0.1) is 30.4 Å². The first-order chi connectivity index (χ1) is 19.0. The van der Waals surface area contributed by atoms with Crippen LogP contribution in [0.4, 0.5) is 0 Å². The summed E-state index contributed by atoms with van der Waals surface area (Å²) in [7, 11) is 3.31. The van der Waals surface area contributed by atoms with Gasteiger partial charge in [0.1, 0.15) is 12.4 Å². The van der Waals surface area contributed by atoms with E-state index in [0.29, 0.717) is 17.5 Å². The molecule has 5 rings (SSSR count). The molecule has 0 saturated heterocycles. The van der Waals surface area contributed by atoms with Gasteiger partial charge in [0.2, 0.25) is 5.88 Å². The zero-order valence-corrected chi connectivity index (χ0v) is 24.8. The average Bonchev–Trinajstić information content (AvgIpc) is 3.51. The quantitative estimate of drug-likeness (QED) is 0.303. The molecule has 2 aliphatic carbocycles. The van der Waals surface area contributed by atoms with Crippen molar-refractivity contribution in [2.75, 3.05) is 14.2 Å². The van der Waals surface area contributed by atoms with Gasteiger partial charge in [-0.15, -0.1) is 0 Å². The van der Waals surface area contributed by atoms with Crippen LogP contribution in [-0.2, 0) is 28.0 Å². The van der Waals surface area contributed by atoms with Gasteiger partial charge in [0.15, 0.2) is 0 Å². The number of aromatic nitrogens is 1. The Kier molecular flexibility index (Phi) is 7.62. The summed E-state index contributed by atoms with van der Waals surface area (Å²) in [6.45, 7) is 8.88. The van der Waals surface area contributed by atoms with Crippen molar-refractivity contribution in [1.29, 1.82) is 0 Å². The van der Waals surface area contributed by atoms with Crippen LogP contribution in [0.3, 0.4) is 0 Å². The van der Waals surface area contributed by atoms with E-state index in [1.165, 1.54) is 5.56 Å². The molecule has 1 spiro atoms. The Labute approximate surface area is 241 Å². The number of carbonyl (C=O) groups is 1. The molecule has 1 heterocycles. The molecular weight excluding hydrogens is 526 g/mol. The highest BCUT2D eigenvalue weighted by Gasteiger charge is 2.67. The Hall–Kier alpha value is -3.09. The van der Waals surface area contributed by atoms with Crippen molar-refractivity contribution in [3.8, 4) is 22.8 Å². The number of benzene rings is 2. The molecule has 0 radical (unpaired) electrons. The number of rotatable bonds is 8. The average molecular weight is 564 g/mol. The molecule has 2 aliphatic rings. The standard InChI is InChI=1S/C33H38ClNO5/c1-19-29(31(36)37)33(19)13-7-8-21-10-11-22(15-26(21)33)40-18-20-9-12-23(24-16-28(38-5)35-17-27(24)34)25(14-20)30(39-6)32(2,3)4/h9-12,14-17,19,29-30H,7-8,13,18H2,1-6H3,(H,36,37). The third kappa shape index (κ3) is 4.97. The number of aliphatic carboxylic acids is 1. The van der Waals surface area contributed by atoms with Gasteiger partial charge < -0.3 is 19.3 Å². The van der Waals surface area contributed by atoms with E-state index < -0.39 is 5.97 Å². The number of halogens is 1. The number of fused-ring (bicyclic) bond motifs is 2. The molecule has 1 N–H and O–H groups in total. The molecule has 1 saturated carbocycles. The molecule has 1 fully saturated rings. The number of aryl methyl sites for hydroxylation is 1. The van der Waals surface area contributed by atoms with Crippen molar-refractivity contribution >= 4 is 17.6 Å². The molecular formula is C33H38ClNO5. The second-order valence-electron chi connectivity index (χ2n) is 12.2. The van der Waals surface area contributed by atoms with Gasteiger partial charge in [-0.2, -0.15) is 0 Å². The van der Waals surface area contributed by atoms with Crippen LogP contribution < -0.4 is 9.47 Å². The summed E-state index contributed by atoms with van der Waals surface area (Å²) in [5, 5.41) is 10.4. The summed E-state index contributed by atoms with van der Waals surface area (Å²) in [6.07, 6.45) is 4.33. The zero-order chi connectivity index (χ0) is 28.8. The molecule has 0 bridgehead atoms. The molecule has 40 heavy (non-hydrogen) atoms. The predicted octanol–water partition coefficient (Wildman–Crippen LogP) is 7.65. The molecule has 0 amide bonds. The molecule has 3 aromatic rings. The van der Waals surface area contributed by atoms with Gasteiger partial charge in [-0.3, -0.25) is 4.79 Å². The summed E-state index contributed by atoms with van der Waals surface area (Å²) in [4.78, 5) is 16.2. The third-order valence-corrected chi connectivity index (χ3v) is 9.10. The normalized spacial score (nSPS) is 22.5. The van der Waals surface area contributed by atoms with E-state index in [4.69, 9.17) is 25.8 Å².